The summed E-state index contributed by atoms with van der Waals surface area (Å²) in [5, 5.41) is 15.8. The molecule has 1 aromatic rings. The Morgan fingerprint density at radius 3 is 2.67 bits per heavy atom. The molecule has 0 aromatic carbocycles. The Hall–Kier alpha value is -1.89. The number of aromatic amines is 1. The number of aromatic nitrogens is 2. The lowest BCUT2D eigenvalue weighted by molar-refractivity contribution is -0.128. The number of nitrogens with zero attached hydrogens (tertiary/aromatic N) is 1. The van der Waals surface area contributed by atoms with Crippen LogP contribution in [0.15, 0.2) is 0 Å². The number of fused-ring (bicyclic) bond motifs is 1. The Morgan fingerprint density at radius 2 is 1.95 bits per heavy atom. The third kappa shape index (κ3) is 3.81. The van der Waals surface area contributed by atoms with E-state index in [4.69, 9.17) is 0 Å². The molecule has 21 heavy (non-hydrogen) atoms. The first-order valence-electron chi connectivity index (χ1n) is 7.23. The van der Waals surface area contributed by atoms with Crippen molar-refractivity contribution in [3.05, 3.63) is 17.0 Å². The monoisotopic (exact) mass is 293 g/mol. The molecular weight excluding hydrogens is 270 g/mol. The summed E-state index contributed by atoms with van der Waals surface area (Å²) < 4.78 is 0. The number of hydrogen-bond acceptors (Lipinski definition) is 4. The van der Waals surface area contributed by atoms with Crippen LogP contribution in [-0.2, 0) is 17.8 Å². The summed E-state index contributed by atoms with van der Waals surface area (Å²) in [5.41, 5.74) is 1.99. The second kappa shape index (κ2) is 6.26. The van der Waals surface area contributed by atoms with Gasteiger partial charge in [0.05, 0.1) is 0 Å². The van der Waals surface area contributed by atoms with Crippen molar-refractivity contribution in [1.29, 1.82) is 0 Å². The third-order valence-electron chi connectivity index (χ3n) is 3.40. The molecule has 0 fully saturated rings. The molecule has 0 saturated carbocycles. The van der Waals surface area contributed by atoms with E-state index in [1.165, 1.54) is 0 Å². The van der Waals surface area contributed by atoms with E-state index in [1.54, 1.807) is 0 Å². The molecule has 1 aliphatic rings. The van der Waals surface area contributed by atoms with Crippen molar-refractivity contribution < 1.29 is 9.59 Å². The highest BCUT2D eigenvalue weighted by Crippen LogP contribution is 2.15. The average Bonchev–Trinajstić information content (AvgIpc) is 2.86. The molecule has 116 valence electrons. The standard InChI is InChI=1S/C14H23N5O2/c1-14(2,3)13(21)17-7-6-16-12(20)11-9-8-15-5-4-10(9)18-19-11/h15H,4-8H2,1-3H3,(H,16,20)(H,17,21)(H,18,19). The zero-order valence-corrected chi connectivity index (χ0v) is 12.8. The van der Waals surface area contributed by atoms with Crippen molar-refractivity contribution in [1.82, 2.24) is 26.1 Å². The topological polar surface area (TPSA) is 98.9 Å². The molecule has 4 N–H and O–H groups in total. The average molecular weight is 293 g/mol. The number of carbonyl (C=O) groups is 2. The van der Waals surface area contributed by atoms with Crippen LogP contribution in [0.25, 0.3) is 0 Å². The third-order valence-corrected chi connectivity index (χ3v) is 3.40. The van der Waals surface area contributed by atoms with Gasteiger partial charge in [-0.05, 0) is 0 Å². The summed E-state index contributed by atoms with van der Waals surface area (Å²) in [6, 6.07) is 0. The van der Waals surface area contributed by atoms with Gasteiger partial charge in [-0.15, -0.1) is 0 Å². The van der Waals surface area contributed by atoms with Crippen LogP contribution >= 0.6 is 0 Å². The number of nitrogens with one attached hydrogen (secondary N) is 4. The lowest BCUT2D eigenvalue weighted by Crippen LogP contribution is -2.40. The second-order valence-corrected chi connectivity index (χ2v) is 6.22. The Kier molecular flexibility index (Phi) is 4.62. The van der Waals surface area contributed by atoms with Gasteiger partial charge in [-0.2, -0.15) is 5.10 Å². The van der Waals surface area contributed by atoms with Crippen molar-refractivity contribution in [2.75, 3.05) is 19.6 Å². The van der Waals surface area contributed by atoms with E-state index < -0.39 is 5.41 Å². The minimum Gasteiger partial charge on any atom is -0.354 e. The summed E-state index contributed by atoms with van der Waals surface area (Å²) >= 11 is 0. The summed E-state index contributed by atoms with van der Waals surface area (Å²) in [7, 11) is 0. The molecule has 0 saturated heterocycles. The number of carbonyl (C=O) groups excluding carboxylic acids is 2. The molecule has 2 heterocycles. The van der Waals surface area contributed by atoms with E-state index in [0.717, 1.165) is 24.2 Å². The molecule has 0 unspecified atom stereocenters. The molecule has 1 aromatic heterocycles. The lowest BCUT2D eigenvalue weighted by Gasteiger charge is -2.17. The van der Waals surface area contributed by atoms with Gasteiger partial charge < -0.3 is 16.0 Å². The zero-order valence-electron chi connectivity index (χ0n) is 12.8. The molecule has 1 aliphatic heterocycles. The van der Waals surface area contributed by atoms with Crippen LogP contribution in [-0.4, -0.2) is 41.6 Å². The van der Waals surface area contributed by atoms with Gasteiger partial charge in [-0.25, -0.2) is 0 Å². The van der Waals surface area contributed by atoms with Gasteiger partial charge in [-0.3, -0.25) is 14.7 Å². The minimum atomic E-state index is -0.420. The van der Waals surface area contributed by atoms with E-state index in [1.807, 2.05) is 20.8 Å². The van der Waals surface area contributed by atoms with Gasteiger partial charge in [0.25, 0.3) is 5.91 Å². The highest BCUT2D eigenvalue weighted by atomic mass is 16.2. The zero-order chi connectivity index (χ0) is 15.5. The molecule has 7 heteroatoms. The highest BCUT2D eigenvalue weighted by molar-refractivity contribution is 5.94. The largest absolute Gasteiger partial charge is 0.354 e. The fourth-order valence-electron chi connectivity index (χ4n) is 2.11. The van der Waals surface area contributed by atoms with Crippen molar-refractivity contribution in [3.63, 3.8) is 0 Å². The molecule has 7 nitrogen and oxygen atoms in total. The Bertz CT molecular complexity index is 530. The summed E-state index contributed by atoms with van der Waals surface area (Å²) in [4.78, 5) is 23.8. The maximum absolute atomic E-state index is 12.1. The fourth-order valence-corrected chi connectivity index (χ4v) is 2.11. The quantitative estimate of drug-likeness (QED) is 0.585. The highest BCUT2D eigenvalue weighted by Gasteiger charge is 2.22. The van der Waals surface area contributed by atoms with Gasteiger partial charge in [0.1, 0.15) is 0 Å². The van der Waals surface area contributed by atoms with Crippen LogP contribution in [0.4, 0.5) is 0 Å². The fraction of sp³-hybridized carbons (Fsp3) is 0.643. The van der Waals surface area contributed by atoms with Crippen LogP contribution < -0.4 is 16.0 Å². The van der Waals surface area contributed by atoms with Crippen molar-refractivity contribution in [3.8, 4) is 0 Å². The lowest BCUT2D eigenvalue weighted by atomic mass is 9.96. The van der Waals surface area contributed by atoms with E-state index in [2.05, 4.69) is 26.1 Å². The van der Waals surface area contributed by atoms with Gasteiger partial charge in [-0.1, -0.05) is 20.8 Å². The normalized spacial score (nSPS) is 14.4. The molecule has 0 radical (unpaired) electrons. The molecular formula is C14H23N5O2. The first kappa shape index (κ1) is 15.5. The number of H-pyrrole nitrogens is 1. The van der Waals surface area contributed by atoms with Gasteiger partial charge in [0.15, 0.2) is 5.69 Å². The predicted octanol–water partition coefficient (Wildman–Crippen LogP) is -0.0525. The smallest absolute Gasteiger partial charge is 0.272 e. The Labute approximate surface area is 124 Å². The summed E-state index contributed by atoms with van der Waals surface area (Å²) in [5.74, 6) is -0.237. The van der Waals surface area contributed by atoms with E-state index in [-0.39, 0.29) is 11.8 Å². The van der Waals surface area contributed by atoms with Crippen molar-refractivity contribution in [2.24, 2.45) is 5.41 Å². The van der Waals surface area contributed by atoms with E-state index in [0.29, 0.717) is 25.3 Å². The number of rotatable bonds is 4. The SMILES string of the molecule is CC(C)(C)C(=O)NCCNC(=O)c1n[nH]c2c1CNCC2. The second-order valence-electron chi connectivity index (χ2n) is 6.22. The van der Waals surface area contributed by atoms with Crippen LogP contribution in [0.3, 0.4) is 0 Å². The first-order chi connectivity index (χ1) is 9.89. The Morgan fingerprint density at radius 1 is 1.24 bits per heavy atom. The Balaban J connectivity index is 1.80. The molecule has 2 rings (SSSR count). The van der Waals surface area contributed by atoms with E-state index in [9.17, 15) is 9.59 Å². The first-order valence-corrected chi connectivity index (χ1v) is 7.23. The summed E-state index contributed by atoms with van der Waals surface area (Å²) in [6.45, 7) is 7.91. The van der Waals surface area contributed by atoms with Crippen molar-refractivity contribution in [2.45, 2.75) is 33.7 Å². The molecule has 0 bridgehead atoms. The number of amides is 2. The summed E-state index contributed by atoms with van der Waals surface area (Å²) in [6.07, 6.45) is 0.858. The van der Waals surface area contributed by atoms with Crippen LogP contribution in [0, 0.1) is 5.41 Å². The number of hydrogen-bond donors (Lipinski definition) is 4. The molecule has 2 amide bonds. The molecule has 0 aliphatic carbocycles. The minimum absolute atomic E-state index is 0.0295. The van der Waals surface area contributed by atoms with Gasteiger partial charge in [0, 0.05) is 49.3 Å². The van der Waals surface area contributed by atoms with Crippen LogP contribution in [0.2, 0.25) is 0 Å². The molecule has 0 spiro atoms. The van der Waals surface area contributed by atoms with Gasteiger partial charge in [0.2, 0.25) is 5.91 Å². The maximum atomic E-state index is 12.1. The van der Waals surface area contributed by atoms with Gasteiger partial charge >= 0.3 is 0 Å². The van der Waals surface area contributed by atoms with Crippen LogP contribution in [0.5, 0.6) is 0 Å². The predicted molar refractivity (Wildman–Crippen MR) is 78.8 cm³/mol. The maximum Gasteiger partial charge on any atom is 0.272 e. The molecule has 0 atom stereocenters. The van der Waals surface area contributed by atoms with Crippen molar-refractivity contribution >= 4 is 11.8 Å². The van der Waals surface area contributed by atoms with Crippen LogP contribution in [0.1, 0.15) is 42.5 Å². The van der Waals surface area contributed by atoms with E-state index >= 15 is 0 Å².